The van der Waals surface area contributed by atoms with Crippen molar-refractivity contribution in [1.29, 1.82) is 0 Å². The Bertz CT molecular complexity index is 802. The van der Waals surface area contributed by atoms with Crippen molar-refractivity contribution in [3.63, 3.8) is 0 Å². The normalized spacial score (nSPS) is 11.2. The Morgan fingerprint density at radius 2 is 1.60 bits per heavy atom. The molecule has 0 spiro atoms. The van der Waals surface area contributed by atoms with Gasteiger partial charge in [-0.1, -0.05) is 60.7 Å². The van der Waals surface area contributed by atoms with E-state index in [2.05, 4.69) is 10.6 Å². The molecule has 0 unspecified atom stereocenters. The minimum atomic E-state index is -0.749. The zero-order chi connectivity index (χ0) is 21.6. The molecule has 0 aliphatic rings. The van der Waals surface area contributed by atoms with E-state index in [-0.39, 0.29) is 25.5 Å². The molecule has 2 aromatic carbocycles. The molecular weight excluding hydrogens is 404 g/mol. The van der Waals surface area contributed by atoms with Crippen molar-refractivity contribution in [1.82, 2.24) is 10.6 Å². The third-order valence-corrected chi connectivity index (χ3v) is 5.16. The predicted molar refractivity (Wildman–Crippen MR) is 116 cm³/mol. The quantitative estimate of drug-likeness (QED) is 0.533. The molecule has 0 bridgehead atoms. The molecule has 7 nitrogen and oxygen atoms in total. The second-order valence-electron chi connectivity index (χ2n) is 6.38. The molecule has 0 saturated carbocycles. The minimum Gasteiger partial charge on any atom is -0.467 e. The molecule has 8 heteroatoms. The molecule has 2 aromatic rings. The molecule has 0 heterocycles. The van der Waals surface area contributed by atoms with Crippen molar-refractivity contribution in [3.8, 4) is 0 Å². The number of benzene rings is 2. The highest BCUT2D eigenvalue weighted by Gasteiger charge is 2.21. The lowest BCUT2D eigenvalue weighted by Gasteiger charge is -2.16. The molecule has 0 saturated heterocycles. The number of esters is 1. The van der Waals surface area contributed by atoms with Gasteiger partial charge in [0.2, 0.25) is 5.91 Å². The third kappa shape index (κ3) is 9.00. The number of hydrogen-bond donors (Lipinski definition) is 2. The van der Waals surface area contributed by atoms with E-state index < -0.39 is 18.1 Å². The third-order valence-electron chi connectivity index (χ3n) is 4.05. The number of alkyl carbamates (subject to hydrolysis) is 1. The smallest absolute Gasteiger partial charge is 0.407 e. The summed E-state index contributed by atoms with van der Waals surface area (Å²) in [6.07, 6.45) is -0.577. The number of rotatable bonds is 11. The van der Waals surface area contributed by atoms with Gasteiger partial charge in [-0.05, 0) is 11.1 Å². The highest BCUT2D eigenvalue weighted by molar-refractivity contribution is 7.98. The number of carbonyl (C=O) groups is 3. The van der Waals surface area contributed by atoms with Crippen molar-refractivity contribution in [3.05, 3.63) is 71.8 Å². The van der Waals surface area contributed by atoms with E-state index in [9.17, 15) is 14.4 Å². The number of hydrogen-bond acceptors (Lipinski definition) is 6. The first kappa shape index (κ1) is 23.3. The highest BCUT2D eigenvalue weighted by atomic mass is 32.2. The predicted octanol–water partition coefficient (Wildman–Crippen LogP) is 2.89. The Morgan fingerprint density at radius 3 is 2.23 bits per heavy atom. The number of carbonyl (C=O) groups excluding carboxylic acids is 3. The summed E-state index contributed by atoms with van der Waals surface area (Å²) in [6.45, 7) is 0.256. The second kappa shape index (κ2) is 13.3. The monoisotopic (exact) mass is 430 g/mol. The van der Waals surface area contributed by atoms with Crippen LogP contribution in [0.25, 0.3) is 0 Å². The van der Waals surface area contributed by atoms with Crippen molar-refractivity contribution >= 4 is 29.7 Å². The standard InChI is InChI=1S/C22H26N2O5S/c1-28-21(26)19(16-30-15-18-10-6-3-7-11-18)24-20(25)12-13-23-22(27)29-14-17-8-4-2-5-9-17/h2-11,19H,12-16H2,1H3,(H,23,27)(H,24,25)/t19-/m0/s1. The van der Waals surface area contributed by atoms with Crippen LogP contribution in [0.1, 0.15) is 17.5 Å². The average Bonchev–Trinajstić information content (AvgIpc) is 2.78. The number of thioether (sulfide) groups is 1. The van der Waals surface area contributed by atoms with Gasteiger partial charge in [0.1, 0.15) is 12.6 Å². The Hall–Kier alpha value is -3.00. The van der Waals surface area contributed by atoms with E-state index in [1.165, 1.54) is 18.9 Å². The van der Waals surface area contributed by atoms with Gasteiger partial charge in [0.25, 0.3) is 0 Å². The van der Waals surface area contributed by atoms with Crippen molar-refractivity contribution in [2.45, 2.75) is 24.8 Å². The molecule has 0 aliphatic heterocycles. The van der Waals surface area contributed by atoms with E-state index in [1.54, 1.807) is 0 Å². The molecule has 0 radical (unpaired) electrons. The van der Waals surface area contributed by atoms with Crippen LogP contribution < -0.4 is 10.6 Å². The van der Waals surface area contributed by atoms with Crippen LogP contribution in [0.15, 0.2) is 60.7 Å². The number of nitrogens with one attached hydrogen (secondary N) is 2. The van der Waals surface area contributed by atoms with E-state index in [1.807, 2.05) is 60.7 Å². The van der Waals surface area contributed by atoms with Gasteiger partial charge in [-0.2, -0.15) is 11.8 Å². The molecule has 2 N–H and O–H groups in total. The van der Waals surface area contributed by atoms with E-state index in [0.29, 0.717) is 5.75 Å². The highest BCUT2D eigenvalue weighted by Crippen LogP contribution is 2.13. The van der Waals surface area contributed by atoms with Crippen LogP contribution in [0.2, 0.25) is 0 Å². The van der Waals surface area contributed by atoms with Gasteiger partial charge in [0.15, 0.2) is 0 Å². The van der Waals surface area contributed by atoms with Crippen LogP contribution in [-0.4, -0.2) is 43.4 Å². The lowest BCUT2D eigenvalue weighted by Crippen LogP contribution is -2.44. The first-order chi connectivity index (χ1) is 14.6. The molecule has 160 valence electrons. The lowest BCUT2D eigenvalue weighted by atomic mass is 10.2. The van der Waals surface area contributed by atoms with Gasteiger partial charge in [0.05, 0.1) is 7.11 Å². The van der Waals surface area contributed by atoms with Gasteiger partial charge in [-0.25, -0.2) is 9.59 Å². The summed E-state index contributed by atoms with van der Waals surface area (Å²) < 4.78 is 9.86. The second-order valence-corrected chi connectivity index (χ2v) is 7.41. The maximum atomic E-state index is 12.1. The van der Waals surface area contributed by atoms with E-state index in [4.69, 9.17) is 9.47 Å². The molecule has 0 aliphatic carbocycles. The summed E-state index contributed by atoms with van der Waals surface area (Å²) >= 11 is 1.53. The SMILES string of the molecule is COC(=O)[C@H](CSCc1ccccc1)NC(=O)CCNC(=O)OCc1ccccc1. The fourth-order valence-electron chi connectivity index (χ4n) is 2.50. The topological polar surface area (TPSA) is 93.7 Å². The fourth-order valence-corrected chi connectivity index (χ4v) is 3.50. The van der Waals surface area contributed by atoms with Gasteiger partial charge in [0, 0.05) is 24.5 Å². The van der Waals surface area contributed by atoms with Gasteiger partial charge < -0.3 is 20.1 Å². The zero-order valence-corrected chi connectivity index (χ0v) is 17.7. The van der Waals surface area contributed by atoms with Crippen molar-refractivity contribution < 1.29 is 23.9 Å². The summed E-state index contributed by atoms with van der Waals surface area (Å²) in [5.41, 5.74) is 2.01. The summed E-state index contributed by atoms with van der Waals surface area (Å²) in [5, 5.41) is 5.18. The van der Waals surface area contributed by atoms with Gasteiger partial charge in [-0.15, -0.1) is 0 Å². The van der Waals surface area contributed by atoms with Crippen molar-refractivity contribution in [2.75, 3.05) is 19.4 Å². The average molecular weight is 431 g/mol. The van der Waals surface area contributed by atoms with Crippen LogP contribution in [0.4, 0.5) is 4.79 Å². The first-order valence-electron chi connectivity index (χ1n) is 9.52. The largest absolute Gasteiger partial charge is 0.467 e. The van der Waals surface area contributed by atoms with E-state index >= 15 is 0 Å². The molecule has 0 aromatic heterocycles. The number of methoxy groups -OCH3 is 1. The first-order valence-corrected chi connectivity index (χ1v) is 10.7. The summed E-state index contributed by atoms with van der Waals surface area (Å²) in [5.74, 6) is 0.256. The van der Waals surface area contributed by atoms with E-state index in [0.717, 1.165) is 16.9 Å². The summed E-state index contributed by atoms with van der Waals surface area (Å²) in [6, 6.07) is 18.4. The van der Waals surface area contributed by atoms with Crippen LogP contribution >= 0.6 is 11.8 Å². The van der Waals surface area contributed by atoms with Gasteiger partial charge >= 0.3 is 12.1 Å². The maximum absolute atomic E-state index is 12.1. The van der Waals surface area contributed by atoms with Crippen LogP contribution in [0, 0.1) is 0 Å². The molecule has 2 amide bonds. The molecule has 1 atom stereocenters. The lowest BCUT2D eigenvalue weighted by molar-refractivity contribution is -0.144. The Kier molecular flexibility index (Phi) is 10.3. The fraction of sp³-hybridized carbons (Fsp3) is 0.318. The Morgan fingerprint density at radius 1 is 0.967 bits per heavy atom. The van der Waals surface area contributed by atoms with Crippen molar-refractivity contribution in [2.24, 2.45) is 0 Å². The Balaban J connectivity index is 1.67. The Labute approximate surface area is 180 Å². The van der Waals surface area contributed by atoms with Gasteiger partial charge in [-0.3, -0.25) is 4.79 Å². The molecule has 2 rings (SSSR count). The molecular formula is C22H26N2O5S. The molecule has 30 heavy (non-hydrogen) atoms. The summed E-state index contributed by atoms with van der Waals surface area (Å²) in [7, 11) is 1.29. The van der Waals surface area contributed by atoms with Crippen LogP contribution in [0.3, 0.4) is 0 Å². The number of amides is 2. The molecule has 0 fully saturated rings. The number of ether oxygens (including phenoxy) is 2. The van der Waals surface area contributed by atoms with Crippen LogP contribution in [-0.2, 0) is 31.4 Å². The maximum Gasteiger partial charge on any atom is 0.407 e. The minimum absolute atomic E-state index is 0.0251. The zero-order valence-electron chi connectivity index (χ0n) is 16.8. The van der Waals surface area contributed by atoms with Crippen LogP contribution in [0.5, 0.6) is 0 Å². The summed E-state index contributed by atoms with van der Waals surface area (Å²) in [4.78, 5) is 35.8.